The zero-order valence-corrected chi connectivity index (χ0v) is 15.7. The Morgan fingerprint density at radius 1 is 1.19 bits per heavy atom. The second kappa shape index (κ2) is 9.72. The highest BCUT2D eigenvalue weighted by Gasteiger charge is 2.23. The third-order valence-electron chi connectivity index (χ3n) is 4.54. The fourth-order valence-corrected chi connectivity index (χ4v) is 3.01. The van der Waals surface area contributed by atoms with Crippen LogP contribution in [-0.4, -0.2) is 48.4 Å². The van der Waals surface area contributed by atoms with E-state index in [1.165, 1.54) is 6.92 Å². The summed E-state index contributed by atoms with van der Waals surface area (Å²) in [6, 6.07) is 6.25. The number of H-pyrrole nitrogens is 1. The SMILES string of the molecule is CN[C@@H](Cc1c[nH]c2ccccc12)C(=O)N[C@@H](CCCNC(N)=O)C(C)=O. The molecule has 2 aromatic rings. The lowest BCUT2D eigenvalue weighted by atomic mass is 10.0. The number of ketones is 1. The summed E-state index contributed by atoms with van der Waals surface area (Å²) in [5.74, 6) is -0.352. The molecule has 0 radical (unpaired) electrons. The van der Waals surface area contributed by atoms with Crippen LogP contribution in [0.3, 0.4) is 0 Å². The number of aromatic nitrogens is 1. The van der Waals surface area contributed by atoms with Crippen molar-refractivity contribution in [3.8, 4) is 0 Å². The molecule has 0 aliphatic carbocycles. The minimum Gasteiger partial charge on any atom is -0.361 e. The third-order valence-corrected chi connectivity index (χ3v) is 4.54. The van der Waals surface area contributed by atoms with E-state index in [-0.39, 0.29) is 11.7 Å². The highest BCUT2D eigenvalue weighted by atomic mass is 16.2. The molecule has 3 amide bonds. The van der Waals surface area contributed by atoms with Gasteiger partial charge in [-0.15, -0.1) is 0 Å². The number of primary amides is 1. The molecule has 0 unspecified atom stereocenters. The van der Waals surface area contributed by atoms with E-state index in [1.54, 1.807) is 7.05 Å². The molecule has 1 aromatic carbocycles. The van der Waals surface area contributed by atoms with Crippen molar-refractivity contribution in [3.63, 3.8) is 0 Å². The first-order valence-electron chi connectivity index (χ1n) is 8.98. The van der Waals surface area contributed by atoms with Crippen LogP contribution in [-0.2, 0) is 16.0 Å². The molecule has 0 bridgehead atoms. The van der Waals surface area contributed by atoms with Crippen LogP contribution < -0.4 is 21.7 Å². The van der Waals surface area contributed by atoms with Gasteiger partial charge in [0.2, 0.25) is 5.91 Å². The summed E-state index contributed by atoms with van der Waals surface area (Å²) in [5.41, 5.74) is 7.07. The Labute approximate surface area is 158 Å². The van der Waals surface area contributed by atoms with E-state index in [0.717, 1.165) is 16.5 Å². The smallest absolute Gasteiger partial charge is 0.312 e. The maximum Gasteiger partial charge on any atom is 0.312 e. The fraction of sp³-hybridized carbons (Fsp3) is 0.421. The Hall–Kier alpha value is -2.87. The molecular formula is C19H27N5O3. The lowest BCUT2D eigenvalue weighted by molar-refractivity contribution is -0.128. The zero-order valence-electron chi connectivity index (χ0n) is 15.7. The van der Waals surface area contributed by atoms with Crippen LogP contribution in [0, 0.1) is 0 Å². The standard InChI is InChI=1S/C19H27N5O3/c1-12(25)15(8-5-9-22-19(20)27)24-18(26)17(21-2)10-13-11-23-16-7-4-3-6-14(13)16/h3-4,6-7,11,15,17,21,23H,5,8-10H2,1-2H3,(H,24,26)(H3,20,22,27)/t15-,17-/m0/s1. The van der Waals surface area contributed by atoms with Crippen LogP contribution in [0.1, 0.15) is 25.3 Å². The van der Waals surface area contributed by atoms with Crippen molar-refractivity contribution in [1.29, 1.82) is 0 Å². The maximum absolute atomic E-state index is 12.7. The molecule has 1 aromatic heterocycles. The number of Topliss-reactive ketones (excluding diaryl/α,β-unsaturated/α-hetero) is 1. The summed E-state index contributed by atoms with van der Waals surface area (Å²) in [5, 5.41) is 9.38. The van der Waals surface area contributed by atoms with Crippen LogP contribution in [0.5, 0.6) is 0 Å². The normalized spacial score (nSPS) is 13.1. The number of hydrogen-bond donors (Lipinski definition) is 5. The average molecular weight is 373 g/mol. The molecule has 8 heteroatoms. The first-order chi connectivity index (χ1) is 12.9. The Bertz CT molecular complexity index is 801. The van der Waals surface area contributed by atoms with Gasteiger partial charge in [0.1, 0.15) is 0 Å². The number of aromatic amines is 1. The van der Waals surface area contributed by atoms with E-state index < -0.39 is 18.1 Å². The Balaban J connectivity index is 1.97. The lowest BCUT2D eigenvalue weighted by Crippen LogP contribution is -2.50. The topological polar surface area (TPSA) is 129 Å². The minimum atomic E-state index is -0.604. The zero-order chi connectivity index (χ0) is 19.8. The molecule has 0 fully saturated rings. The second-order valence-electron chi connectivity index (χ2n) is 6.51. The van der Waals surface area contributed by atoms with Crippen molar-refractivity contribution in [2.75, 3.05) is 13.6 Å². The summed E-state index contributed by atoms with van der Waals surface area (Å²) in [6.07, 6.45) is 3.38. The molecule has 2 atom stereocenters. The van der Waals surface area contributed by atoms with Crippen LogP contribution >= 0.6 is 0 Å². The van der Waals surface area contributed by atoms with Gasteiger partial charge >= 0.3 is 6.03 Å². The van der Waals surface area contributed by atoms with Crippen molar-refractivity contribution in [2.24, 2.45) is 5.73 Å². The number of likely N-dealkylation sites (N-methyl/N-ethyl adjacent to an activating group) is 1. The minimum absolute atomic E-state index is 0.121. The Morgan fingerprint density at radius 3 is 2.59 bits per heavy atom. The van der Waals surface area contributed by atoms with Crippen LogP contribution in [0.15, 0.2) is 30.5 Å². The van der Waals surface area contributed by atoms with Crippen LogP contribution in [0.25, 0.3) is 10.9 Å². The average Bonchev–Trinajstić information content (AvgIpc) is 3.04. The van der Waals surface area contributed by atoms with E-state index in [0.29, 0.717) is 25.8 Å². The molecule has 0 aliphatic rings. The molecule has 0 spiro atoms. The number of fused-ring (bicyclic) bond motifs is 1. The second-order valence-corrected chi connectivity index (χ2v) is 6.51. The Kier molecular flexibility index (Phi) is 7.36. The van der Waals surface area contributed by atoms with Crippen molar-refractivity contribution in [1.82, 2.24) is 20.9 Å². The number of rotatable bonds is 10. The van der Waals surface area contributed by atoms with Gasteiger partial charge in [-0.3, -0.25) is 9.59 Å². The van der Waals surface area contributed by atoms with E-state index in [2.05, 4.69) is 20.9 Å². The summed E-state index contributed by atoms with van der Waals surface area (Å²) in [7, 11) is 1.72. The summed E-state index contributed by atoms with van der Waals surface area (Å²) >= 11 is 0. The number of nitrogens with two attached hydrogens (primary N) is 1. The summed E-state index contributed by atoms with van der Waals surface area (Å²) < 4.78 is 0. The number of hydrogen-bond acceptors (Lipinski definition) is 4. The molecule has 6 N–H and O–H groups in total. The number of amides is 3. The molecule has 2 rings (SSSR count). The van der Waals surface area contributed by atoms with Gasteiger partial charge in [-0.25, -0.2) is 4.79 Å². The molecule has 0 saturated carbocycles. The highest BCUT2D eigenvalue weighted by molar-refractivity contribution is 5.90. The molecule has 0 aliphatic heterocycles. The van der Waals surface area contributed by atoms with Gasteiger partial charge < -0.3 is 26.7 Å². The number of carbonyl (C=O) groups excluding carboxylic acids is 3. The number of nitrogens with one attached hydrogen (secondary N) is 4. The van der Waals surface area contributed by atoms with Gasteiger partial charge in [-0.1, -0.05) is 18.2 Å². The van der Waals surface area contributed by atoms with Gasteiger partial charge in [0, 0.05) is 23.6 Å². The molecule has 27 heavy (non-hydrogen) atoms. The first-order valence-corrected chi connectivity index (χ1v) is 8.98. The third kappa shape index (κ3) is 5.82. The summed E-state index contributed by atoms with van der Waals surface area (Å²) in [4.78, 5) is 38.4. The van der Waals surface area contributed by atoms with Gasteiger partial charge in [-0.2, -0.15) is 0 Å². The van der Waals surface area contributed by atoms with E-state index in [1.807, 2.05) is 30.5 Å². The van der Waals surface area contributed by atoms with Crippen molar-refractivity contribution in [3.05, 3.63) is 36.0 Å². The van der Waals surface area contributed by atoms with E-state index in [9.17, 15) is 14.4 Å². The molecule has 0 saturated heterocycles. The molecule has 1 heterocycles. The number of carbonyl (C=O) groups is 3. The van der Waals surface area contributed by atoms with Gasteiger partial charge in [0.05, 0.1) is 12.1 Å². The van der Waals surface area contributed by atoms with Crippen LogP contribution in [0.2, 0.25) is 0 Å². The molecule has 8 nitrogen and oxygen atoms in total. The predicted molar refractivity (Wildman–Crippen MR) is 104 cm³/mol. The Morgan fingerprint density at radius 2 is 1.93 bits per heavy atom. The predicted octanol–water partition coefficient (Wildman–Crippen LogP) is 0.821. The first kappa shape index (κ1) is 20.4. The summed E-state index contributed by atoms with van der Waals surface area (Å²) in [6.45, 7) is 1.81. The number of urea groups is 1. The van der Waals surface area contributed by atoms with E-state index >= 15 is 0 Å². The fourth-order valence-electron chi connectivity index (χ4n) is 3.01. The van der Waals surface area contributed by atoms with Gasteiger partial charge in [0.25, 0.3) is 0 Å². The number of benzene rings is 1. The molecular weight excluding hydrogens is 346 g/mol. The van der Waals surface area contributed by atoms with Gasteiger partial charge in [-0.05, 0) is 44.9 Å². The maximum atomic E-state index is 12.7. The van der Waals surface area contributed by atoms with Crippen molar-refractivity contribution >= 4 is 28.6 Å². The molecule has 146 valence electrons. The highest BCUT2D eigenvalue weighted by Crippen LogP contribution is 2.19. The van der Waals surface area contributed by atoms with Crippen molar-refractivity contribution < 1.29 is 14.4 Å². The van der Waals surface area contributed by atoms with Crippen molar-refractivity contribution in [2.45, 2.75) is 38.3 Å². The van der Waals surface area contributed by atoms with Crippen LogP contribution in [0.4, 0.5) is 4.79 Å². The quantitative estimate of drug-likeness (QED) is 0.395. The number of para-hydroxylation sites is 1. The lowest BCUT2D eigenvalue weighted by Gasteiger charge is -2.21. The largest absolute Gasteiger partial charge is 0.361 e. The monoisotopic (exact) mass is 373 g/mol. The van der Waals surface area contributed by atoms with E-state index in [4.69, 9.17) is 5.73 Å². The van der Waals surface area contributed by atoms with Gasteiger partial charge in [0.15, 0.2) is 5.78 Å².